The molecule has 100 valence electrons. The molecule has 0 atom stereocenters. The van der Waals surface area contributed by atoms with Crippen LogP contribution in [0.2, 0.25) is 5.02 Å². The molecule has 0 aliphatic rings. The monoisotopic (exact) mass is 299 g/mol. The third-order valence-electron chi connectivity index (χ3n) is 2.53. The topological polar surface area (TPSA) is 52.3 Å². The molecule has 2 rings (SSSR count). The summed E-state index contributed by atoms with van der Waals surface area (Å²) in [4.78, 5) is 11.9. The quantitative estimate of drug-likeness (QED) is 0.873. The lowest BCUT2D eigenvalue weighted by molar-refractivity contribution is 0.0529. The van der Waals surface area contributed by atoms with E-state index in [9.17, 15) is 9.18 Å². The highest BCUT2D eigenvalue weighted by Crippen LogP contribution is 2.35. The van der Waals surface area contributed by atoms with Gasteiger partial charge in [0.15, 0.2) is 0 Å². The molecule has 0 spiro atoms. The normalized spacial score (nSPS) is 10.5. The van der Waals surface area contributed by atoms with E-state index in [-0.39, 0.29) is 17.2 Å². The van der Waals surface area contributed by atoms with Gasteiger partial charge in [-0.1, -0.05) is 17.7 Å². The minimum atomic E-state index is -0.543. The summed E-state index contributed by atoms with van der Waals surface area (Å²) in [5, 5.41) is 2.08. The maximum Gasteiger partial charge on any atom is 0.341 e. The number of ether oxygens (including phenoxy) is 1. The number of carbonyl (C=O) groups excluding carboxylic acids is 1. The van der Waals surface area contributed by atoms with Gasteiger partial charge in [-0.25, -0.2) is 9.18 Å². The Morgan fingerprint density at radius 3 is 2.89 bits per heavy atom. The number of carbonyl (C=O) groups is 1. The lowest BCUT2D eigenvalue weighted by atomic mass is 10.0. The van der Waals surface area contributed by atoms with Gasteiger partial charge >= 0.3 is 5.97 Å². The van der Waals surface area contributed by atoms with E-state index in [2.05, 4.69) is 0 Å². The van der Waals surface area contributed by atoms with Crippen LogP contribution in [0.4, 0.5) is 9.39 Å². The number of halogens is 2. The van der Waals surface area contributed by atoms with Crippen molar-refractivity contribution < 1.29 is 13.9 Å². The van der Waals surface area contributed by atoms with Crippen LogP contribution in [0.5, 0.6) is 0 Å². The Bertz CT molecular complexity index is 627. The lowest BCUT2D eigenvalue weighted by Crippen LogP contribution is -2.07. The van der Waals surface area contributed by atoms with Crippen LogP contribution in [0.3, 0.4) is 0 Å². The summed E-state index contributed by atoms with van der Waals surface area (Å²) in [6, 6.07) is 4.34. The van der Waals surface area contributed by atoms with Crippen molar-refractivity contribution in [2.45, 2.75) is 6.92 Å². The molecular weight excluding hydrogens is 289 g/mol. The first kappa shape index (κ1) is 13.8. The van der Waals surface area contributed by atoms with Crippen LogP contribution in [0.25, 0.3) is 11.1 Å². The van der Waals surface area contributed by atoms with Crippen LogP contribution in [0.1, 0.15) is 17.3 Å². The number of benzene rings is 1. The molecule has 0 aliphatic heterocycles. The molecule has 2 aromatic rings. The molecule has 6 heteroatoms. The third-order valence-corrected chi connectivity index (χ3v) is 3.65. The zero-order chi connectivity index (χ0) is 14.0. The second-order valence-electron chi connectivity index (χ2n) is 3.74. The van der Waals surface area contributed by atoms with Crippen molar-refractivity contribution in [2.75, 3.05) is 12.3 Å². The average Bonchev–Trinajstić information content (AvgIpc) is 2.75. The summed E-state index contributed by atoms with van der Waals surface area (Å²) in [5.74, 6) is -1.05. The van der Waals surface area contributed by atoms with Crippen LogP contribution in [-0.2, 0) is 4.74 Å². The molecule has 1 aromatic heterocycles. The number of rotatable bonds is 3. The van der Waals surface area contributed by atoms with E-state index in [0.717, 1.165) is 0 Å². The highest BCUT2D eigenvalue weighted by atomic mass is 35.5. The fourth-order valence-corrected chi connectivity index (χ4v) is 2.59. The fraction of sp³-hybridized carbons (Fsp3) is 0.154. The maximum atomic E-state index is 13.5. The summed E-state index contributed by atoms with van der Waals surface area (Å²) in [5.41, 5.74) is 7.14. The van der Waals surface area contributed by atoms with Gasteiger partial charge in [-0.15, -0.1) is 11.3 Å². The molecule has 0 aliphatic carbocycles. The Morgan fingerprint density at radius 2 is 2.26 bits per heavy atom. The Labute approximate surface area is 118 Å². The molecule has 2 N–H and O–H groups in total. The summed E-state index contributed by atoms with van der Waals surface area (Å²) in [7, 11) is 0. The van der Waals surface area contributed by atoms with Gasteiger partial charge in [-0.05, 0) is 24.6 Å². The number of nitrogens with two attached hydrogens (primary N) is 1. The van der Waals surface area contributed by atoms with E-state index >= 15 is 0 Å². The lowest BCUT2D eigenvalue weighted by Gasteiger charge is -2.06. The second kappa shape index (κ2) is 5.59. The standard InChI is InChI=1S/C13H11ClFNO2S/c1-2-18-13(17)11-8(6-19-12(11)16)7-3-4-9(14)10(15)5-7/h3-6H,2,16H2,1H3. The number of esters is 1. The molecule has 0 bridgehead atoms. The van der Waals surface area contributed by atoms with Crippen molar-refractivity contribution in [1.29, 1.82) is 0 Å². The second-order valence-corrected chi connectivity index (χ2v) is 5.06. The summed E-state index contributed by atoms with van der Waals surface area (Å²) in [6.45, 7) is 1.96. The largest absolute Gasteiger partial charge is 0.462 e. The van der Waals surface area contributed by atoms with Gasteiger partial charge in [-0.3, -0.25) is 0 Å². The van der Waals surface area contributed by atoms with Crippen molar-refractivity contribution in [2.24, 2.45) is 0 Å². The van der Waals surface area contributed by atoms with E-state index < -0.39 is 11.8 Å². The van der Waals surface area contributed by atoms with E-state index in [1.807, 2.05) is 0 Å². The molecule has 0 unspecified atom stereocenters. The van der Waals surface area contributed by atoms with Crippen LogP contribution in [-0.4, -0.2) is 12.6 Å². The van der Waals surface area contributed by atoms with Gasteiger partial charge in [-0.2, -0.15) is 0 Å². The average molecular weight is 300 g/mol. The van der Waals surface area contributed by atoms with Gasteiger partial charge in [0.25, 0.3) is 0 Å². The van der Waals surface area contributed by atoms with Crippen molar-refractivity contribution in [1.82, 2.24) is 0 Å². The van der Waals surface area contributed by atoms with Gasteiger partial charge in [0.1, 0.15) is 16.4 Å². The zero-order valence-electron chi connectivity index (χ0n) is 10.1. The smallest absolute Gasteiger partial charge is 0.341 e. The van der Waals surface area contributed by atoms with Crippen LogP contribution < -0.4 is 5.73 Å². The molecule has 19 heavy (non-hydrogen) atoms. The predicted octanol–water partition coefficient (Wildman–Crippen LogP) is 3.97. The van der Waals surface area contributed by atoms with E-state index in [1.54, 1.807) is 18.4 Å². The minimum absolute atomic E-state index is 0.0321. The van der Waals surface area contributed by atoms with E-state index in [1.165, 1.54) is 23.5 Å². The molecular formula is C13H11ClFNO2S. The summed E-state index contributed by atoms with van der Waals surface area (Å²) in [6.07, 6.45) is 0. The minimum Gasteiger partial charge on any atom is -0.462 e. The first-order valence-electron chi connectivity index (χ1n) is 5.54. The maximum absolute atomic E-state index is 13.5. The third kappa shape index (κ3) is 2.72. The van der Waals surface area contributed by atoms with Crippen LogP contribution in [0.15, 0.2) is 23.6 Å². The SMILES string of the molecule is CCOC(=O)c1c(-c2ccc(Cl)c(F)c2)csc1N. The van der Waals surface area contributed by atoms with Crippen LogP contribution in [0, 0.1) is 5.82 Å². The summed E-state index contributed by atoms with van der Waals surface area (Å²) < 4.78 is 18.4. The first-order valence-corrected chi connectivity index (χ1v) is 6.79. The Hall–Kier alpha value is -1.59. The molecule has 0 saturated heterocycles. The van der Waals surface area contributed by atoms with Crippen LogP contribution >= 0.6 is 22.9 Å². The van der Waals surface area contributed by atoms with E-state index in [0.29, 0.717) is 16.1 Å². The van der Waals surface area contributed by atoms with Crippen molar-refractivity contribution in [3.05, 3.63) is 40.0 Å². The number of hydrogen-bond acceptors (Lipinski definition) is 4. The molecule has 1 aromatic carbocycles. The molecule has 3 nitrogen and oxygen atoms in total. The molecule has 0 saturated carbocycles. The van der Waals surface area contributed by atoms with Gasteiger partial charge in [0.2, 0.25) is 0 Å². The van der Waals surface area contributed by atoms with Gasteiger partial charge < -0.3 is 10.5 Å². The number of hydrogen-bond donors (Lipinski definition) is 1. The van der Waals surface area contributed by atoms with Crippen molar-refractivity contribution >= 4 is 33.9 Å². The Balaban J connectivity index is 2.50. The number of anilines is 1. The summed E-state index contributed by atoms with van der Waals surface area (Å²) >= 11 is 6.85. The Kier molecular flexibility index (Phi) is 4.07. The number of thiophene rings is 1. The highest BCUT2D eigenvalue weighted by molar-refractivity contribution is 7.14. The number of nitrogen functional groups attached to an aromatic ring is 1. The molecule has 1 heterocycles. The van der Waals surface area contributed by atoms with Gasteiger partial charge in [0.05, 0.1) is 11.6 Å². The molecule has 0 radical (unpaired) electrons. The highest BCUT2D eigenvalue weighted by Gasteiger charge is 2.20. The molecule has 0 amide bonds. The van der Waals surface area contributed by atoms with Gasteiger partial charge in [0, 0.05) is 10.9 Å². The van der Waals surface area contributed by atoms with Crippen molar-refractivity contribution in [3.63, 3.8) is 0 Å². The predicted molar refractivity (Wildman–Crippen MR) is 75.1 cm³/mol. The molecule has 0 fully saturated rings. The fourth-order valence-electron chi connectivity index (χ4n) is 1.66. The Morgan fingerprint density at radius 1 is 1.53 bits per heavy atom. The van der Waals surface area contributed by atoms with Crippen molar-refractivity contribution in [3.8, 4) is 11.1 Å². The zero-order valence-corrected chi connectivity index (χ0v) is 11.6. The van der Waals surface area contributed by atoms with E-state index in [4.69, 9.17) is 22.1 Å². The first-order chi connectivity index (χ1) is 9.04.